The molecule has 0 amide bonds. The SMILES string of the molecule is CCOc1cc(NC(=NC)NCc2ccc(N3CCN(CC)CC3)nc2)ccc1OC. The zero-order valence-electron chi connectivity index (χ0n) is 19.0. The summed E-state index contributed by atoms with van der Waals surface area (Å²) < 4.78 is 11.0. The molecule has 1 aromatic heterocycles. The number of piperazine rings is 1. The highest BCUT2D eigenvalue weighted by Crippen LogP contribution is 2.30. The van der Waals surface area contributed by atoms with Gasteiger partial charge in [-0.1, -0.05) is 13.0 Å². The van der Waals surface area contributed by atoms with E-state index in [1.165, 1.54) is 0 Å². The molecule has 8 heteroatoms. The van der Waals surface area contributed by atoms with Crippen LogP contribution in [0.3, 0.4) is 0 Å². The van der Waals surface area contributed by atoms with Crippen LogP contribution in [0.15, 0.2) is 41.5 Å². The summed E-state index contributed by atoms with van der Waals surface area (Å²) in [6.45, 7) is 10.7. The maximum atomic E-state index is 5.65. The van der Waals surface area contributed by atoms with Gasteiger partial charge in [0.1, 0.15) is 5.82 Å². The highest BCUT2D eigenvalue weighted by Gasteiger charge is 2.16. The summed E-state index contributed by atoms with van der Waals surface area (Å²) in [5, 5.41) is 6.63. The van der Waals surface area contributed by atoms with Gasteiger partial charge in [0.2, 0.25) is 0 Å². The van der Waals surface area contributed by atoms with Crippen molar-refractivity contribution >= 4 is 17.5 Å². The molecule has 1 fully saturated rings. The van der Waals surface area contributed by atoms with Crippen LogP contribution in [0.5, 0.6) is 11.5 Å². The molecule has 8 nitrogen and oxygen atoms in total. The molecular formula is C23H34N6O2. The van der Waals surface area contributed by atoms with Crippen molar-refractivity contribution < 1.29 is 9.47 Å². The van der Waals surface area contributed by atoms with Crippen LogP contribution in [0.25, 0.3) is 0 Å². The van der Waals surface area contributed by atoms with E-state index in [1.807, 2.05) is 31.3 Å². The van der Waals surface area contributed by atoms with E-state index in [2.05, 4.69) is 49.5 Å². The van der Waals surface area contributed by atoms with Crippen molar-refractivity contribution in [3.8, 4) is 11.5 Å². The smallest absolute Gasteiger partial charge is 0.195 e. The topological polar surface area (TPSA) is 74.3 Å². The number of benzene rings is 1. The lowest BCUT2D eigenvalue weighted by atomic mass is 10.2. The number of nitrogens with one attached hydrogen (secondary N) is 2. The van der Waals surface area contributed by atoms with Crippen molar-refractivity contribution in [3.05, 3.63) is 42.1 Å². The molecule has 1 aliphatic heterocycles. The van der Waals surface area contributed by atoms with E-state index in [9.17, 15) is 0 Å². The summed E-state index contributed by atoms with van der Waals surface area (Å²) in [6, 6.07) is 9.94. The molecule has 0 atom stereocenters. The van der Waals surface area contributed by atoms with Gasteiger partial charge in [0.05, 0.1) is 13.7 Å². The summed E-state index contributed by atoms with van der Waals surface area (Å²) in [4.78, 5) is 13.8. The Hall–Kier alpha value is -3.00. The molecule has 3 rings (SSSR count). The van der Waals surface area contributed by atoms with Gasteiger partial charge in [0.25, 0.3) is 0 Å². The maximum Gasteiger partial charge on any atom is 0.195 e. The first kappa shape index (κ1) is 22.7. The summed E-state index contributed by atoms with van der Waals surface area (Å²) in [5.74, 6) is 3.12. The van der Waals surface area contributed by atoms with Crippen LogP contribution in [0.2, 0.25) is 0 Å². The molecule has 0 aliphatic carbocycles. The van der Waals surface area contributed by atoms with Gasteiger partial charge in [0.15, 0.2) is 17.5 Å². The highest BCUT2D eigenvalue weighted by atomic mass is 16.5. The summed E-state index contributed by atoms with van der Waals surface area (Å²) >= 11 is 0. The number of rotatable bonds is 8. The van der Waals surface area contributed by atoms with Crippen LogP contribution < -0.4 is 25.0 Å². The molecule has 0 spiro atoms. The van der Waals surface area contributed by atoms with Crippen LogP contribution in [-0.4, -0.2) is 69.3 Å². The van der Waals surface area contributed by atoms with Crippen molar-refractivity contribution in [2.24, 2.45) is 4.99 Å². The third-order valence-corrected chi connectivity index (χ3v) is 5.36. The van der Waals surface area contributed by atoms with Gasteiger partial charge in [-0.25, -0.2) is 4.98 Å². The van der Waals surface area contributed by atoms with Crippen molar-refractivity contribution in [3.63, 3.8) is 0 Å². The first-order valence-corrected chi connectivity index (χ1v) is 10.9. The molecule has 0 saturated carbocycles. The zero-order chi connectivity index (χ0) is 22.1. The number of likely N-dealkylation sites (N-methyl/N-ethyl adjacent to an activating group) is 1. The monoisotopic (exact) mass is 426 g/mol. The number of pyridine rings is 1. The van der Waals surface area contributed by atoms with Gasteiger partial charge in [-0.05, 0) is 37.2 Å². The molecule has 1 saturated heterocycles. The Balaban J connectivity index is 1.54. The summed E-state index contributed by atoms with van der Waals surface area (Å²) in [7, 11) is 3.38. The number of guanidine groups is 1. The van der Waals surface area contributed by atoms with Crippen molar-refractivity contribution in [2.75, 3.05) is 63.7 Å². The van der Waals surface area contributed by atoms with E-state index in [4.69, 9.17) is 9.47 Å². The average molecular weight is 427 g/mol. The van der Waals surface area contributed by atoms with Crippen LogP contribution in [0.1, 0.15) is 19.4 Å². The second-order valence-electron chi connectivity index (χ2n) is 7.30. The van der Waals surface area contributed by atoms with Crippen molar-refractivity contribution in [1.29, 1.82) is 0 Å². The Kier molecular flexibility index (Phi) is 8.35. The number of hydrogen-bond acceptors (Lipinski definition) is 6. The molecule has 1 aliphatic rings. The molecule has 2 aromatic rings. The fourth-order valence-corrected chi connectivity index (χ4v) is 3.53. The number of nitrogens with zero attached hydrogens (tertiary/aromatic N) is 4. The lowest BCUT2D eigenvalue weighted by Gasteiger charge is -2.34. The van der Waals surface area contributed by atoms with Gasteiger partial charge in [-0.2, -0.15) is 0 Å². The van der Waals surface area contributed by atoms with Crippen LogP contribution in [-0.2, 0) is 6.54 Å². The predicted octanol–water partition coefficient (Wildman–Crippen LogP) is 2.82. The standard InChI is InChI=1S/C23H34N6O2/c1-5-28-11-13-29(14-12-28)22-10-7-18(16-25-22)17-26-23(24-3)27-19-8-9-20(30-4)21(15-19)31-6-2/h7-10,15-16H,5-6,11-14,17H2,1-4H3,(H2,24,26,27). The third kappa shape index (κ3) is 6.24. The van der Waals surface area contributed by atoms with E-state index < -0.39 is 0 Å². The average Bonchev–Trinajstić information content (AvgIpc) is 2.82. The van der Waals surface area contributed by atoms with Crippen molar-refractivity contribution in [2.45, 2.75) is 20.4 Å². The van der Waals surface area contributed by atoms with E-state index in [0.29, 0.717) is 30.6 Å². The van der Waals surface area contributed by atoms with Gasteiger partial charge < -0.3 is 29.9 Å². The fourth-order valence-electron chi connectivity index (χ4n) is 3.53. The third-order valence-electron chi connectivity index (χ3n) is 5.36. The lowest BCUT2D eigenvalue weighted by Crippen LogP contribution is -2.46. The number of hydrogen-bond donors (Lipinski definition) is 2. The summed E-state index contributed by atoms with van der Waals surface area (Å²) in [5.41, 5.74) is 1.97. The van der Waals surface area contributed by atoms with E-state index in [1.54, 1.807) is 14.2 Å². The minimum absolute atomic E-state index is 0.573. The van der Waals surface area contributed by atoms with Crippen LogP contribution in [0.4, 0.5) is 11.5 Å². The van der Waals surface area contributed by atoms with E-state index in [0.717, 1.165) is 49.8 Å². The van der Waals surface area contributed by atoms with E-state index >= 15 is 0 Å². The van der Waals surface area contributed by atoms with Gasteiger partial charge in [0, 0.05) is 57.7 Å². The Morgan fingerprint density at radius 2 is 1.90 bits per heavy atom. The first-order valence-electron chi connectivity index (χ1n) is 10.9. The first-order chi connectivity index (χ1) is 15.2. The lowest BCUT2D eigenvalue weighted by molar-refractivity contribution is 0.270. The molecule has 31 heavy (non-hydrogen) atoms. The Morgan fingerprint density at radius 1 is 1.10 bits per heavy atom. The molecule has 0 bridgehead atoms. The normalized spacial score (nSPS) is 15.0. The van der Waals surface area contributed by atoms with Crippen LogP contribution >= 0.6 is 0 Å². The fraction of sp³-hybridized carbons (Fsp3) is 0.478. The largest absolute Gasteiger partial charge is 0.493 e. The Bertz CT molecular complexity index is 848. The van der Waals surface area contributed by atoms with E-state index in [-0.39, 0.29) is 0 Å². The quantitative estimate of drug-likeness (QED) is 0.497. The minimum Gasteiger partial charge on any atom is -0.493 e. The van der Waals surface area contributed by atoms with Gasteiger partial charge in [-0.15, -0.1) is 0 Å². The molecule has 1 aromatic carbocycles. The number of methoxy groups -OCH3 is 1. The maximum absolute atomic E-state index is 5.65. The zero-order valence-corrected chi connectivity index (χ0v) is 19.0. The number of aliphatic imine (C=N–C) groups is 1. The number of aromatic nitrogens is 1. The molecule has 0 unspecified atom stereocenters. The molecular weight excluding hydrogens is 392 g/mol. The minimum atomic E-state index is 0.573. The second kappa shape index (κ2) is 11.4. The van der Waals surface area contributed by atoms with Gasteiger partial charge >= 0.3 is 0 Å². The van der Waals surface area contributed by atoms with Crippen molar-refractivity contribution in [1.82, 2.24) is 15.2 Å². The summed E-state index contributed by atoms with van der Waals surface area (Å²) in [6.07, 6.45) is 1.93. The molecule has 2 N–H and O–H groups in total. The molecule has 0 radical (unpaired) electrons. The van der Waals surface area contributed by atoms with Gasteiger partial charge in [-0.3, -0.25) is 4.99 Å². The number of ether oxygens (including phenoxy) is 2. The highest BCUT2D eigenvalue weighted by molar-refractivity contribution is 5.93. The number of anilines is 2. The Labute approximate surface area is 185 Å². The molecule has 2 heterocycles. The second-order valence-corrected chi connectivity index (χ2v) is 7.30. The van der Waals surface area contributed by atoms with Crippen LogP contribution in [0, 0.1) is 0 Å². The predicted molar refractivity (Wildman–Crippen MR) is 127 cm³/mol. The molecule has 168 valence electrons. The Morgan fingerprint density at radius 3 is 2.52 bits per heavy atom.